The monoisotopic (exact) mass is 438 g/mol. The van der Waals surface area contributed by atoms with E-state index < -0.39 is 0 Å². The fourth-order valence-corrected chi connectivity index (χ4v) is 2.47. The largest absolute Gasteiger partial charge is 0.357 e. The predicted molar refractivity (Wildman–Crippen MR) is 112 cm³/mol. The molecule has 24 heavy (non-hydrogen) atoms. The zero-order chi connectivity index (χ0) is 16.5. The van der Waals surface area contributed by atoms with E-state index in [0.717, 1.165) is 32.0 Å². The summed E-state index contributed by atoms with van der Waals surface area (Å²) in [7, 11) is 2.08. The van der Waals surface area contributed by atoms with E-state index in [-0.39, 0.29) is 24.0 Å². The van der Waals surface area contributed by atoms with Crippen molar-refractivity contribution in [2.24, 2.45) is 4.99 Å². The quantitative estimate of drug-likeness (QED) is 0.425. The van der Waals surface area contributed by atoms with Crippen LogP contribution in [0.3, 0.4) is 0 Å². The molecule has 130 valence electrons. The zero-order valence-corrected chi connectivity index (χ0v) is 17.0. The molecule has 0 unspecified atom stereocenters. The van der Waals surface area contributed by atoms with Gasteiger partial charge in [-0.25, -0.2) is 0 Å². The lowest BCUT2D eigenvalue weighted by Crippen LogP contribution is -2.38. The molecule has 0 aliphatic carbocycles. The van der Waals surface area contributed by atoms with E-state index in [1.165, 1.54) is 16.7 Å². The molecule has 0 atom stereocenters. The Labute approximate surface area is 162 Å². The van der Waals surface area contributed by atoms with Gasteiger partial charge in [-0.05, 0) is 43.0 Å². The summed E-state index contributed by atoms with van der Waals surface area (Å²) >= 11 is 0. The molecule has 0 radical (unpaired) electrons. The summed E-state index contributed by atoms with van der Waals surface area (Å²) < 4.78 is 0. The van der Waals surface area contributed by atoms with Gasteiger partial charge in [0, 0.05) is 39.1 Å². The summed E-state index contributed by atoms with van der Waals surface area (Å²) in [6, 6.07) is 12.5. The summed E-state index contributed by atoms with van der Waals surface area (Å²) in [5, 5.41) is 3.37. The molecule has 0 spiro atoms. The van der Waals surface area contributed by atoms with Crippen LogP contribution in [0.4, 0.5) is 0 Å². The molecule has 0 fully saturated rings. The van der Waals surface area contributed by atoms with Crippen molar-refractivity contribution >= 4 is 29.9 Å². The van der Waals surface area contributed by atoms with Gasteiger partial charge in [-0.2, -0.15) is 0 Å². The van der Waals surface area contributed by atoms with Crippen molar-refractivity contribution in [3.05, 3.63) is 65.5 Å². The van der Waals surface area contributed by atoms with Crippen LogP contribution in [0.5, 0.6) is 0 Å². The normalized spacial score (nSPS) is 10.9. The highest BCUT2D eigenvalue weighted by Gasteiger charge is 2.06. The van der Waals surface area contributed by atoms with Crippen molar-refractivity contribution in [1.82, 2.24) is 15.2 Å². The molecule has 1 N–H and O–H groups in total. The first-order chi connectivity index (χ1) is 11.2. The van der Waals surface area contributed by atoms with Gasteiger partial charge in [0.2, 0.25) is 0 Å². The van der Waals surface area contributed by atoms with Gasteiger partial charge in [0.15, 0.2) is 5.96 Å². The van der Waals surface area contributed by atoms with Crippen LogP contribution >= 0.6 is 24.0 Å². The summed E-state index contributed by atoms with van der Waals surface area (Å²) in [5.74, 6) is 0.947. The SMILES string of the molecule is CCNC(=NCCc1ccncc1C)N(C)Cc1ccccc1.I. The Balaban J connectivity index is 0.00000288. The van der Waals surface area contributed by atoms with Crippen LogP contribution in [0.1, 0.15) is 23.6 Å². The highest BCUT2D eigenvalue weighted by atomic mass is 127. The lowest BCUT2D eigenvalue weighted by molar-refractivity contribution is 0.477. The molecule has 5 heteroatoms. The standard InChI is InChI=1S/C19H26N4.HI/c1-4-21-19(23(3)15-17-8-6-5-7-9-17)22-13-11-18-10-12-20-14-16(18)2;/h5-10,12,14H,4,11,13,15H2,1-3H3,(H,21,22);1H. The van der Waals surface area contributed by atoms with Crippen LogP contribution in [-0.2, 0) is 13.0 Å². The van der Waals surface area contributed by atoms with E-state index in [2.05, 4.69) is 66.4 Å². The number of halogens is 1. The number of pyridine rings is 1. The molecule has 0 bridgehead atoms. The van der Waals surface area contributed by atoms with Crippen molar-refractivity contribution in [2.45, 2.75) is 26.8 Å². The number of benzene rings is 1. The number of rotatable bonds is 6. The van der Waals surface area contributed by atoms with E-state index in [1.54, 1.807) is 0 Å². The molecule has 1 aromatic heterocycles. The smallest absolute Gasteiger partial charge is 0.193 e. The van der Waals surface area contributed by atoms with Gasteiger partial charge in [-0.3, -0.25) is 9.98 Å². The Morgan fingerprint density at radius 2 is 1.96 bits per heavy atom. The van der Waals surface area contributed by atoms with Crippen LogP contribution in [0.25, 0.3) is 0 Å². The number of hydrogen-bond donors (Lipinski definition) is 1. The van der Waals surface area contributed by atoms with Gasteiger partial charge in [0.1, 0.15) is 0 Å². The first-order valence-corrected chi connectivity index (χ1v) is 8.13. The van der Waals surface area contributed by atoms with Gasteiger partial charge < -0.3 is 10.2 Å². The van der Waals surface area contributed by atoms with Gasteiger partial charge in [-0.1, -0.05) is 30.3 Å². The molecule has 0 aliphatic rings. The Morgan fingerprint density at radius 1 is 1.21 bits per heavy atom. The van der Waals surface area contributed by atoms with E-state index in [9.17, 15) is 0 Å². The average molecular weight is 438 g/mol. The minimum atomic E-state index is 0. The van der Waals surface area contributed by atoms with Crippen molar-refractivity contribution < 1.29 is 0 Å². The predicted octanol–water partition coefficient (Wildman–Crippen LogP) is 3.65. The van der Waals surface area contributed by atoms with Crippen molar-refractivity contribution in [2.75, 3.05) is 20.1 Å². The summed E-state index contributed by atoms with van der Waals surface area (Å²) in [6.45, 7) is 6.68. The zero-order valence-electron chi connectivity index (χ0n) is 14.7. The molecule has 4 nitrogen and oxygen atoms in total. The number of aromatic nitrogens is 1. The molecule has 1 aromatic carbocycles. The van der Waals surface area contributed by atoms with Crippen molar-refractivity contribution in [3.63, 3.8) is 0 Å². The molecular formula is C19H27IN4. The second-order valence-corrected chi connectivity index (χ2v) is 5.63. The van der Waals surface area contributed by atoms with E-state index in [0.29, 0.717) is 0 Å². The third kappa shape index (κ3) is 6.47. The maximum absolute atomic E-state index is 4.76. The molecule has 1 heterocycles. The van der Waals surface area contributed by atoms with Crippen LogP contribution < -0.4 is 5.32 Å². The minimum absolute atomic E-state index is 0. The molecule has 0 saturated heterocycles. The summed E-state index contributed by atoms with van der Waals surface area (Å²) in [5.41, 5.74) is 3.82. The second-order valence-electron chi connectivity index (χ2n) is 5.63. The fourth-order valence-electron chi connectivity index (χ4n) is 2.47. The molecule has 0 amide bonds. The minimum Gasteiger partial charge on any atom is -0.357 e. The first kappa shape index (κ1) is 20.4. The second kappa shape index (κ2) is 11.0. The Kier molecular flexibility index (Phi) is 9.37. The van der Waals surface area contributed by atoms with Crippen LogP contribution in [0.15, 0.2) is 53.8 Å². The number of nitrogens with zero attached hydrogens (tertiary/aromatic N) is 3. The number of nitrogens with one attached hydrogen (secondary N) is 1. The van der Waals surface area contributed by atoms with Crippen LogP contribution in [0.2, 0.25) is 0 Å². The Bertz CT molecular complexity index is 628. The molecule has 2 aromatic rings. The van der Waals surface area contributed by atoms with E-state index in [4.69, 9.17) is 4.99 Å². The number of guanidine groups is 1. The first-order valence-electron chi connectivity index (χ1n) is 8.13. The maximum atomic E-state index is 4.76. The molecule has 0 saturated carbocycles. The van der Waals surface area contributed by atoms with Crippen LogP contribution in [0, 0.1) is 6.92 Å². The third-order valence-corrected chi connectivity index (χ3v) is 3.74. The van der Waals surface area contributed by atoms with E-state index >= 15 is 0 Å². The topological polar surface area (TPSA) is 40.5 Å². The molecular weight excluding hydrogens is 411 g/mol. The Hall–Kier alpha value is -1.63. The van der Waals surface area contributed by atoms with Crippen LogP contribution in [-0.4, -0.2) is 36.0 Å². The fraction of sp³-hybridized carbons (Fsp3) is 0.368. The van der Waals surface area contributed by atoms with Gasteiger partial charge >= 0.3 is 0 Å². The van der Waals surface area contributed by atoms with Gasteiger partial charge in [-0.15, -0.1) is 24.0 Å². The lowest BCUT2D eigenvalue weighted by atomic mass is 10.1. The van der Waals surface area contributed by atoms with Crippen molar-refractivity contribution in [3.8, 4) is 0 Å². The lowest BCUT2D eigenvalue weighted by Gasteiger charge is -2.22. The Morgan fingerprint density at radius 3 is 2.62 bits per heavy atom. The van der Waals surface area contributed by atoms with Gasteiger partial charge in [0.05, 0.1) is 0 Å². The summed E-state index contributed by atoms with van der Waals surface area (Å²) in [4.78, 5) is 11.1. The molecule has 2 rings (SSSR count). The number of aliphatic imine (C=N–C) groups is 1. The number of hydrogen-bond acceptors (Lipinski definition) is 2. The number of aryl methyl sites for hydroxylation is 1. The highest BCUT2D eigenvalue weighted by Crippen LogP contribution is 2.07. The summed E-state index contributed by atoms with van der Waals surface area (Å²) in [6.07, 6.45) is 4.69. The average Bonchev–Trinajstić information content (AvgIpc) is 2.56. The van der Waals surface area contributed by atoms with Crippen molar-refractivity contribution in [1.29, 1.82) is 0 Å². The third-order valence-electron chi connectivity index (χ3n) is 3.74. The molecule has 0 aliphatic heterocycles. The van der Waals surface area contributed by atoms with E-state index in [1.807, 2.05) is 18.5 Å². The highest BCUT2D eigenvalue weighted by molar-refractivity contribution is 14.0. The maximum Gasteiger partial charge on any atom is 0.193 e. The van der Waals surface area contributed by atoms with Gasteiger partial charge in [0.25, 0.3) is 0 Å².